The molecule has 2 aromatic rings. The third-order valence-electron chi connectivity index (χ3n) is 3.34. The summed E-state index contributed by atoms with van der Waals surface area (Å²) >= 11 is 6.93. The van der Waals surface area contributed by atoms with Crippen molar-refractivity contribution in [2.45, 2.75) is 52.4 Å². The molecule has 18 heavy (non-hydrogen) atoms. The Morgan fingerprint density at radius 2 is 1.67 bits per heavy atom. The second-order valence-electron chi connectivity index (χ2n) is 4.84. The topological polar surface area (TPSA) is 15.8 Å². The standard InChI is InChI=1S/C15H21NS2/c1-3-5-7-11-9-13-14(18-15(17)16-13)10-12(11)8-6-4-2/h9-10H,3-8H2,1-2H3,(H,16,17). The van der Waals surface area contributed by atoms with Crippen molar-refractivity contribution in [2.75, 3.05) is 0 Å². The Hall–Kier alpha value is -0.670. The summed E-state index contributed by atoms with van der Waals surface area (Å²) in [7, 11) is 0. The van der Waals surface area contributed by atoms with E-state index in [4.69, 9.17) is 12.2 Å². The summed E-state index contributed by atoms with van der Waals surface area (Å²) < 4.78 is 2.20. The van der Waals surface area contributed by atoms with E-state index in [2.05, 4.69) is 31.0 Å². The minimum atomic E-state index is 0.888. The van der Waals surface area contributed by atoms with Gasteiger partial charge in [0, 0.05) is 0 Å². The number of hydrogen-bond acceptors (Lipinski definition) is 2. The summed E-state index contributed by atoms with van der Waals surface area (Å²) in [6, 6.07) is 4.68. The average molecular weight is 279 g/mol. The minimum Gasteiger partial charge on any atom is -0.337 e. The number of unbranched alkanes of at least 4 members (excludes halogenated alkanes) is 2. The largest absolute Gasteiger partial charge is 0.337 e. The highest BCUT2D eigenvalue weighted by molar-refractivity contribution is 7.73. The Labute approximate surface area is 118 Å². The Morgan fingerprint density at radius 3 is 2.28 bits per heavy atom. The Morgan fingerprint density at radius 1 is 1.06 bits per heavy atom. The van der Waals surface area contributed by atoms with Crippen LogP contribution in [0.4, 0.5) is 0 Å². The maximum Gasteiger partial charge on any atom is 0.159 e. The van der Waals surface area contributed by atoms with Gasteiger partial charge in [-0.25, -0.2) is 0 Å². The number of nitrogens with one attached hydrogen (secondary N) is 1. The molecule has 0 aliphatic carbocycles. The number of rotatable bonds is 6. The first-order valence-corrected chi connectivity index (χ1v) is 8.11. The van der Waals surface area contributed by atoms with Gasteiger partial charge in [0.05, 0.1) is 10.2 Å². The van der Waals surface area contributed by atoms with Gasteiger partial charge in [-0.05, 0) is 61.2 Å². The first kappa shape index (κ1) is 13.8. The van der Waals surface area contributed by atoms with E-state index in [0.717, 1.165) is 3.95 Å². The molecule has 0 saturated carbocycles. The molecule has 0 aliphatic rings. The van der Waals surface area contributed by atoms with Crippen LogP contribution in [-0.4, -0.2) is 4.98 Å². The minimum absolute atomic E-state index is 0.888. The van der Waals surface area contributed by atoms with Gasteiger partial charge in [0.2, 0.25) is 0 Å². The molecule has 1 heterocycles. The van der Waals surface area contributed by atoms with E-state index in [-0.39, 0.29) is 0 Å². The number of thiazole rings is 1. The molecule has 1 N–H and O–H groups in total. The molecule has 0 radical (unpaired) electrons. The van der Waals surface area contributed by atoms with Gasteiger partial charge in [0.1, 0.15) is 0 Å². The molecular weight excluding hydrogens is 258 g/mol. The molecule has 98 valence electrons. The summed E-state index contributed by atoms with van der Waals surface area (Å²) in [5, 5.41) is 0. The normalized spacial score (nSPS) is 11.2. The van der Waals surface area contributed by atoms with Crippen LogP contribution in [0.2, 0.25) is 0 Å². The maximum atomic E-state index is 5.24. The Kier molecular flexibility index (Phi) is 4.95. The molecule has 3 heteroatoms. The van der Waals surface area contributed by atoms with Crippen LogP contribution in [0.3, 0.4) is 0 Å². The van der Waals surface area contributed by atoms with Crippen molar-refractivity contribution in [1.82, 2.24) is 4.98 Å². The number of H-pyrrole nitrogens is 1. The molecular formula is C15H21NS2. The summed E-state index contributed by atoms with van der Waals surface area (Å²) in [6.45, 7) is 4.51. The van der Waals surface area contributed by atoms with E-state index in [1.54, 1.807) is 11.3 Å². The third-order valence-corrected chi connectivity index (χ3v) is 4.54. The smallest absolute Gasteiger partial charge is 0.159 e. The van der Waals surface area contributed by atoms with E-state index < -0.39 is 0 Å². The Bertz CT molecular complexity index is 517. The van der Waals surface area contributed by atoms with Gasteiger partial charge in [-0.2, -0.15) is 0 Å². The average Bonchev–Trinajstić information content (AvgIpc) is 2.72. The summed E-state index contributed by atoms with van der Waals surface area (Å²) in [6.07, 6.45) is 7.47. The van der Waals surface area contributed by atoms with Crippen molar-refractivity contribution in [2.24, 2.45) is 0 Å². The van der Waals surface area contributed by atoms with Crippen LogP contribution in [0.1, 0.15) is 50.7 Å². The second kappa shape index (κ2) is 6.48. The van der Waals surface area contributed by atoms with Crippen molar-refractivity contribution in [3.05, 3.63) is 27.2 Å². The van der Waals surface area contributed by atoms with E-state index >= 15 is 0 Å². The number of benzene rings is 1. The van der Waals surface area contributed by atoms with Gasteiger partial charge in [-0.15, -0.1) is 11.3 Å². The molecule has 0 spiro atoms. The highest BCUT2D eigenvalue weighted by atomic mass is 32.1. The molecule has 1 aromatic carbocycles. The fraction of sp³-hybridized carbons (Fsp3) is 0.533. The molecule has 0 aliphatic heterocycles. The van der Waals surface area contributed by atoms with Crippen molar-refractivity contribution in [1.29, 1.82) is 0 Å². The molecule has 0 bridgehead atoms. The zero-order valence-corrected chi connectivity index (χ0v) is 12.8. The van der Waals surface area contributed by atoms with Gasteiger partial charge >= 0.3 is 0 Å². The van der Waals surface area contributed by atoms with Gasteiger partial charge in [0.25, 0.3) is 0 Å². The van der Waals surface area contributed by atoms with Crippen LogP contribution in [0.5, 0.6) is 0 Å². The van der Waals surface area contributed by atoms with Gasteiger partial charge in [-0.3, -0.25) is 0 Å². The lowest BCUT2D eigenvalue weighted by Gasteiger charge is -2.09. The van der Waals surface area contributed by atoms with E-state index in [1.165, 1.54) is 59.9 Å². The highest BCUT2D eigenvalue weighted by Crippen LogP contribution is 2.26. The number of aromatic nitrogens is 1. The first-order chi connectivity index (χ1) is 8.74. The predicted octanol–water partition coefficient (Wildman–Crippen LogP) is 5.64. The van der Waals surface area contributed by atoms with Crippen LogP contribution in [0.15, 0.2) is 12.1 Å². The van der Waals surface area contributed by atoms with E-state index in [0.29, 0.717) is 0 Å². The summed E-state index contributed by atoms with van der Waals surface area (Å²) in [5.74, 6) is 0. The molecule has 2 rings (SSSR count). The monoisotopic (exact) mass is 279 g/mol. The van der Waals surface area contributed by atoms with Crippen molar-refractivity contribution >= 4 is 33.8 Å². The molecule has 1 aromatic heterocycles. The third kappa shape index (κ3) is 3.21. The quantitative estimate of drug-likeness (QED) is 0.676. The molecule has 0 amide bonds. The molecule has 1 nitrogen and oxygen atoms in total. The lowest BCUT2D eigenvalue weighted by molar-refractivity contribution is 0.759. The van der Waals surface area contributed by atoms with Gasteiger partial charge < -0.3 is 4.98 Å². The van der Waals surface area contributed by atoms with Gasteiger partial charge in [0.15, 0.2) is 3.95 Å². The van der Waals surface area contributed by atoms with Crippen molar-refractivity contribution in [3.63, 3.8) is 0 Å². The number of aromatic amines is 1. The van der Waals surface area contributed by atoms with Crippen LogP contribution < -0.4 is 0 Å². The summed E-state index contributed by atoms with van der Waals surface area (Å²) in [5.41, 5.74) is 4.27. The second-order valence-corrected chi connectivity index (χ2v) is 6.56. The number of fused-ring (bicyclic) bond motifs is 1. The van der Waals surface area contributed by atoms with Crippen LogP contribution in [0, 0.1) is 3.95 Å². The lowest BCUT2D eigenvalue weighted by atomic mass is 9.97. The van der Waals surface area contributed by atoms with E-state index in [1.807, 2.05) is 0 Å². The lowest BCUT2D eigenvalue weighted by Crippen LogP contribution is -1.95. The van der Waals surface area contributed by atoms with E-state index in [9.17, 15) is 0 Å². The molecule has 0 saturated heterocycles. The number of hydrogen-bond donors (Lipinski definition) is 1. The number of aryl methyl sites for hydroxylation is 2. The first-order valence-electron chi connectivity index (χ1n) is 6.89. The molecule has 0 atom stereocenters. The summed E-state index contributed by atoms with van der Waals surface area (Å²) in [4.78, 5) is 3.29. The maximum absolute atomic E-state index is 5.24. The van der Waals surface area contributed by atoms with Gasteiger partial charge in [-0.1, -0.05) is 26.7 Å². The SMILES string of the molecule is CCCCc1cc2[nH]c(=S)sc2cc1CCCC. The van der Waals surface area contributed by atoms with Crippen LogP contribution >= 0.6 is 23.6 Å². The fourth-order valence-corrected chi connectivity index (χ4v) is 3.45. The van der Waals surface area contributed by atoms with Crippen molar-refractivity contribution < 1.29 is 0 Å². The highest BCUT2D eigenvalue weighted by Gasteiger charge is 2.06. The zero-order chi connectivity index (χ0) is 13.0. The van der Waals surface area contributed by atoms with Crippen molar-refractivity contribution in [3.8, 4) is 0 Å². The van der Waals surface area contributed by atoms with Crippen LogP contribution in [-0.2, 0) is 12.8 Å². The molecule has 0 fully saturated rings. The predicted molar refractivity (Wildman–Crippen MR) is 84.2 cm³/mol. The Balaban J connectivity index is 2.38. The van der Waals surface area contributed by atoms with Crippen LogP contribution in [0.25, 0.3) is 10.2 Å². The zero-order valence-electron chi connectivity index (χ0n) is 11.2. The fourth-order valence-electron chi connectivity index (χ4n) is 2.28. The molecule has 0 unspecified atom stereocenters.